The van der Waals surface area contributed by atoms with E-state index in [-0.39, 0.29) is 31.9 Å². The highest BCUT2D eigenvalue weighted by Gasteiger charge is 2.30. The first kappa shape index (κ1) is 33.8. The Bertz CT molecular complexity index is 1470. The van der Waals surface area contributed by atoms with E-state index in [9.17, 15) is 14.4 Å². The number of imide groups is 1. The standard InChI is InChI=1S/C35H38N4O4.ClH/c1-2-43-31-19-17-27(18-20-31)23-32(38-33(40)30-11-7-4-8-12-30)34(41)39(22-21-26-9-5-3-6-10-26)35(42)37-25-29-15-13-28(24-36)14-16-29;/h3-20,32H,2,21-25,36H2,1H3,(H,37,42)(H,38,40);1H/t32-;/m1./s1. The van der Waals surface area contributed by atoms with Gasteiger partial charge in [0.05, 0.1) is 6.61 Å². The largest absolute Gasteiger partial charge is 0.494 e. The topological polar surface area (TPSA) is 114 Å². The van der Waals surface area contributed by atoms with E-state index >= 15 is 0 Å². The number of hydrogen-bond acceptors (Lipinski definition) is 5. The van der Waals surface area contributed by atoms with Crippen molar-refractivity contribution in [3.8, 4) is 5.75 Å². The molecule has 44 heavy (non-hydrogen) atoms. The fourth-order valence-electron chi connectivity index (χ4n) is 4.61. The highest BCUT2D eigenvalue weighted by Crippen LogP contribution is 2.16. The summed E-state index contributed by atoms with van der Waals surface area (Å²) in [5.41, 5.74) is 9.80. The molecule has 0 radical (unpaired) electrons. The van der Waals surface area contributed by atoms with E-state index in [1.54, 1.807) is 24.3 Å². The van der Waals surface area contributed by atoms with Gasteiger partial charge in [0, 0.05) is 31.6 Å². The van der Waals surface area contributed by atoms with Crippen LogP contribution in [0.2, 0.25) is 0 Å². The van der Waals surface area contributed by atoms with E-state index < -0.39 is 23.9 Å². The second-order valence-electron chi connectivity index (χ2n) is 10.1. The molecule has 4 rings (SSSR count). The summed E-state index contributed by atoms with van der Waals surface area (Å²) < 4.78 is 5.55. The molecule has 0 saturated carbocycles. The van der Waals surface area contributed by atoms with Crippen molar-refractivity contribution in [2.75, 3.05) is 13.2 Å². The molecule has 1 atom stereocenters. The molecule has 0 aliphatic carbocycles. The van der Waals surface area contributed by atoms with E-state index in [2.05, 4.69) is 10.6 Å². The van der Waals surface area contributed by atoms with Gasteiger partial charge in [0.15, 0.2) is 0 Å². The Morgan fingerprint density at radius 2 is 1.36 bits per heavy atom. The van der Waals surface area contributed by atoms with Crippen molar-refractivity contribution >= 4 is 30.3 Å². The predicted molar refractivity (Wildman–Crippen MR) is 175 cm³/mol. The molecule has 0 heterocycles. The van der Waals surface area contributed by atoms with Gasteiger partial charge < -0.3 is 21.1 Å². The molecule has 0 fully saturated rings. The lowest BCUT2D eigenvalue weighted by molar-refractivity contribution is -0.130. The maximum absolute atomic E-state index is 14.2. The number of urea groups is 1. The van der Waals surface area contributed by atoms with Crippen molar-refractivity contribution in [1.82, 2.24) is 15.5 Å². The van der Waals surface area contributed by atoms with Crippen LogP contribution in [0.5, 0.6) is 5.75 Å². The quantitative estimate of drug-likeness (QED) is 0.189. The molecule has 0 saturated heterocycles. The van der Waals surface area contributed by atoms with Crippen LogP contribution in [0.15, 0.2) is 109 Å². The average Bonchev–Trinajstić information content (AvgIpc) is 3.05. The number of rotatable bonds is 13. The normalized spacial score (nSPS) is 11.0. The second-order valence-corrected chi connectivity index (χ2v) is 10.1. The van der Waals surface area contributed by atoms with Crippen molar-refractivity contribution in [1.29, 1.82) is 0 Å². The Kier molecular flexibility index (Phi) is 13.4. The highest BCUT2D eigenvalue weighted by molar-refractivity contribution is 6.01. The van der Waals surface area contributed by atoms with Gasteiger partial charge in [-0.05, 0) is 59.9 Å². The number of carbonyl (C=O) groups excluding carboxylic acids is 3. The lowest BCUT2D eigenvalue weighted by atomic mass is 10.0. The first-order valence-corrected chi connectivity index (χ1v) is 14.5. The maximum Gasteiger partial charge on any atom is 0.324 e. The molecule has 8 nitrogen and oxygen atoms in total. The number of nitrogens with zero attached hydrogens (tertiary/aromatic N) is 1. The molecule has 0 aromatic heterocycles. The Labute approximate surface area is 265 Å². The van der Waals surface area contributed by atoms with E-state index in [1.807, 2.05) is 91.9 Å². The molecule has 0 aliphatic rings. The van der Waals surface area contributed by atoms with Crippen LogP contribution in [-0.2, 0) is 30.7 Å². The van der Waals surface area contributed by atoms with Gasteiger partial charge in [-0.15, -0.1) is 12.4 Å². The average molecular weight is 615 g/mol. The summed E-state index contributed by atoms with van der Waals surface area (Å²) in [5, 5.41) is 5.77. The third-order valence-electron chi connectivity index (χ3n) is 6.99. The van der Waals surface area contributed by atoms with Gasteiger partial charge in [0.2, 0.25) is 0 Å². The Hall–Kier alpha value is -4.66. The second kappa shape index (κ2) is 17.5. The number of hydrogen-bond donors (Lipinski definition) is 3. The smallest absolute Gasteiger partial charge is 0.324 e. The summed E-state index contributed by atoms with van der Waals surface area (Å²) in [6.45, 7) is 3.25. The Balaban J connectivity index is 0.00000529. The number of ether oxygens (including phenoxy) is 1. The zero-order valence-electron chi connectivity index (χ0n) is 24.8. The van der Waals surface area contributed by atoms with Crippen molar-refractivity contribution in [2.45, 2.75) is 38.9 Å². The zero-order valence-corrected chi connectivity index (χ0v) is 25.6. The lowest BCUT2D eigenvalue weighted by Gasteiger charge is -2.27. The monoisotopic (exact) mass is 614 g/mol. The van der Waals surface area contributed by atoms with Gasteiger partial charge in [-0.25, -0.2) is 4.79 Å². The molecular formula is C35H39ClN4O4. The summed E-state index contributed by atoms with van der Waals surface area (Å²) in [7, 11) is 0. The minimum atomic E-state index is -0.990. The Morgan fingerprint density at radius 3 is 1.98 bits per heavy atom. The van der Waals surface area contributed by atoms with Gasteiger partial charge in [-0.1, -0.05) is 84.9 Å². The fraction of sp³-hybridized carbons (Fsp3) is 0.229. The number of nitrogens with two attached hydrogens (primary N) is 1. The van der Waals surface area contributed by atoms with Crippen LogP contribution < -0.4 is 21.1 Å². The van der Waals surface area contributed by atoms with Gasteiger partial charge in [0.25, 0.3) is 11.8 Å². The predicted octanol–water partition coefficient (Wildman–Crippen LogP) is 5.29. The minimum absolute atomic E-state index is 0. The van der Waals surface area contributed by atoms with Crippen LogP contribution >= 0.6 is 12.4 Å². The first-order chi connectivity index (χ1) is 21.0. The van der Waals surface area contributed by atoms with Crippen LogP contribution in [0.4, 0.5) is 4.79 Å². The van der Waals surface area contributed by atoms with Crippen LogP contribution in [0.3, 0.4) is 0 Å². The number of carbonyl (C=O) groups is 3. The fourth-order valence-corrected chi connectivity index (χ4v) is 4.61. The summed E-state index contributed by atoms with van der Waals surface area (Å²) in [4.78, 5) is 42.1. The third kappa shape index (κ3) is 9.97. The molecule has 4 aromatic carbocycles. The molecule has 0 spiro atoms. The number of nitrogens with one attached hydrogen (secondary N) is 2. The van der Waals surface area contributed by atoms with E-state index in [0.717, 1.165) is 22.3 Å². The zero-order chi connectivity index (χ0) is 30.4. The van der Waals surface area contributed by atoms with Crippen molar-refractivity contribution in [3.05, 3.63) is 137 Å². The van der Waals surface area contributed by atoms with Gasteiger partial charge in [-0.2, -0.15) is 0 Å². The van der Waals surface area contributed by atoms with Crippen LogP contribution in [0, 0.1) is 0 Å². The Morgan fingerprint density at radius 1 is 0.773 bits per heavy atom. The summed E-state index contributed by atoms with van der Waals surface area (Å²) in [6, 6.07) is 31.8. The number of benzene rings is 4. The van der Waals surface area contributed by atoms with Gasteiger partial charge in [-0.3, -0.25) is 14.5 Å². The molecule has 0 unspecified atom stereocenters. The van der Waals surface area contributed by atoms with Crippen molar-refractivity contribution in [2.24, 2.45) is 5.73 Å². The lowest BCUT2D eigenvalue weighted by Crippen LogP contribution is -2.54. The number of amides is 4. The number of halogens is 1. The van der Waals surface area contributed by atoms with E-state index in [4.69, 9.17) is 10.5 Å². The van der Waals surface area contributed by atoms with Crippen LogP contribution in [-0.4, -0.2) is 41.9 Å². The maximum atomic E-state index is 14.2. The van der Waals surface area contributed by atoms with E-state index in [0.29, 0.717) is 30.9 Å². The van der Waals surface area contributed by atoms with Gasteiger partial charge >= 0.3 is 6.03 Å². The van der Waals surface area contributed by atoms with Crippen molar-refractivity contribution in [3.63, 3.8) is 0 Å². The summed E-state index contributed by atoms with van der Waals surface area (Å²) in [6.07, 6.45) is 0.660. The molecule has 4 amide bonds. The van der Waals surface area contributed by atoms with Gasteiger partial charge in [0.1, 0.15) is 11.8 Å². The molecule has 4 N–H and O–H groups in total. The summed E-state index contributed by atoms with van der Waals surface area (Å²) in [5.74, 6) is -0.177. The van der Waals surface area contributed by atoms with E-state index in [1.165, 1.54) is 4.90 Å². The molecule has 9 heteroatoms. The molecule has 230 valence electrons. The molecule has 0 bridgehead atoms. The van der Waals surface area contributed by atoms with Crippen LogP contribution in [0.1, 0.15) is 39.5 Å². The summed E-state index contributed by atoms with van der Waals surface area (Å²) >= 11 is 0. The van der Waals surface area contributed by atoms with Crippen molar-refractivity contribution < 1.29 is 19.1 Å². The molecular weight excluding hydrogens is 576 g/mol. The highest BCUT2D eigenvalue weighted by atomic mass is 35.5. The SMILES string of the molecule is CCOc1ccc(C[C@@H](NC(=O)c2ccccc2)C(=O)N(CCc2ccccc2)C(=O)NCc2ccc(CN)cc2)cc1.Cl. The first-order valence-electron chi connectivity index (χ1n) is 14.5. The molecule has 0 aliphatic heterocycles. The van der Waals surface area contributed by atoms with Crippen LogP contribution in [0.25, 0.3) is 0 Å². The minimum Gasteiger partial charge on any atom is -0.494 e. The third-order valence-corrected chi connectivity index (χ3v) is 6.99. The molecule has 4 aromatic rings.